The average Bonchev–Trinajstić information content (AvgIpc) is 3.39. The second-order valence-electron chi connectivity index (χ2n) is 7.21. The summed E-state index contributed by atoms with van der Waals surface area (Å²) in [7, 11) is 0. The van der Waals surface area contributed by atoms with Crippen LogP contribution in [0.1, 0.15) is 22.4 Å². The summed E-state index contributed by atoms with van der Waals surface area (Å²) in [5, 5.41) is 0. The number of aryl methyl sites for hydroxylation is 1. The van der Waals surface area contributed by atoms with E-state index in [4.69, 9.17) is 9.73 Å². The third-order valence-corrected chi connectivity index (χ3v) is 6.98. The molecule has 0 spiro atoms. The molecule has 1 aliphatic heterocycles. The summed E-state index contributed by atoms with van der Waals surface area (Å²) < 4.78 is 8.18. The van der Waals surface area contributed by atoms with Gasteiger partial charge in [0, 0.05) is 29.1 Å². The Morgan fingerprint density at radius 3 is 2.69 bits per heavy atom. The van der Waals surface area contributed by atoms with E-state index in [9.17, 15) is 0 Å². The van der Waals surface area contributed by atoms with Gasteiger partial charge in [-0.15, -0.1) is 11.8 Å². The Balaban J connectivity index is 1.37. The fourth-order valence-electron chi connectivity index (χ4n) is 3.39. The van der Waals surface area contributed by atoms with Crippen LogP contribution in [-0.2, 0) is 17.0 Å². The molecular weight excluding hydrogens is 396 g/mol. The quantitative estimate of drug-likeness (QED) is 0.439. The highest BCUT2D eigenvalue weighted by atomic mass is 32.2. The predicted octanol–water partition coefficient (Wildman–Crippen LogP) is 5.65. The number of rotatable bonds is 8. The molecule has 150 valence electrons. The fourth-order valence-corrected chi connectivity index (χ4v) is 4.90. The van der Waals surface area contributed by atoms with Gasteiger partial charge in [-0.1, -0.05) is 36.4 Å². The smallest absolute Gasteiger partial charge is 0.233 e. The number of hydrogen-bond donors (Lipinski definition) is 0. The normalized spacial score (nSPS) is 15.9. The minimum absolute atomic E-state index is 0.225. The summed E-state index contributed by atoms with van der Waals surface area (Å²) >= 11 is 3.70. The van der Waals surface area contributed by atoms with Crippen molar-refractivity contribution >= 4 is 29.4 Å². The Bertz CT molecular complexity index is 979. The standard InChI is InChI=1S/C24H26N2OS2/c1-18-6-3-4-7-20(18)16-29-17-21-15-27-24(25-21)23-8-5-13-26(23)14-19-9-11-22(28-2)12-10-19/h3-13,21H,14-17H2,1-2H3/t21-/m1/s1. The van der Waals surface area contributed by atoms with Gasteiger partial charge in [-0.25, -0.2) is 4.99 Å². The zero-order valence-corrected chi connectivity index (χ0v) is 18.5. The van der Waals surface area contributed by atoms with Crippen LogP contribution < -0.4 is 0 Å². The first kappa shape index (κ1) is 20.2. The minimum atomic E-state index is 0.225. The van der Waals surface area contributed by atoms with E-state index in [1.165, 1.54) is 21.6 Å². The zero-order valence-electron chi connectivity index (χ0n) is 16.9. The van der Waals surface area contributed by atoms with E-state index >= 15 is 0 Å². The Morgan fingerprint density at radius 2 is 1.90 bits per heavy atom. The molecule has 5 heteroatoms. The summed E-state index contributed by atoms with van der Waals surface area (Å²) in [6, 6.07) is 21.7. The Hall–Kier alpha value is -2.11. The van der Waals surface area contributed by atoms with Gasteiger partial charge in [0.05, 0.1) is 6.04 Å². The molecule has 0 aliphatic carbocycles. The van der Waals surface area contributed by atoms with Gasteiger partial charge >= 0.3 is 0 Å². The molecule has 3 aromatic rings. The van der Waals surface area contributed by atoms with Crippen LogP contribution in [0, 0.1) is 6.92 Å². The molecule has 3 nitrogen and oxygen atoms in total. The molecule has 1 aliphatic rings. The molecule has 0 N–H and O–H groups in total. The van der Waals surface area contributed by atoms with E-state index in [1.807, 2.05) is 11.8 Å². The summed E-state index contributed by atoms with van der Waals surface area (Å²) in [4.78, 5) is 6.15. The zero-order chi connectivity index (χ0) is 20.1. The van der Waals surface area contributed by atoms with Crippen LogP contribution >= 0.6 is 23.5 Å². The lowest BCUT2D eigenvalue weighted by molar-refractivity contribution is 0.323. The van der Waals surface area contributed by atoms with Crippen molar-refractivity contribution in [3.05, 3.63) is 89.2 Å². The summed E-state index contributed by atoms with van der Waals surface area (Å²) in [6.45, 7) is 3.67. The molecule has 0 bridgehead atoms. The topological polar surface area (TPSA) is 26.5 Å². The molecule has 2 aromatic carbocycles. The van der Waals surface area contributed by atoms with Crippen LogP contribution in [0.25, 0.3) is 0 Å². The van der Waals surface area contributed by atoms with Crippen LogP contribution in [-0.4, -0.2) is 35.1 Å². The number of thioether (sulfide) groups is 2. The number of aliphatic imine (C=N–C) groups is 1. The van der Waals surface area contributed by atoms with E-state index in [2.05, 4.69) is 84.6 Å². The highest BCUT2D eigenvalue weighted by molar-refractivity contribution is 7.98. The Kier molecular flexibility index (Phi) is 6.67. The first-order valence-corrected chi connectivity index (χ1v) is 12.2. The lowest BCUT2D eigenvalue weighted by Crippen LogP contribution is -2.11. The number of aromatic nitrogens is 1. The second kappa shape index (κ2) is 9.59. The number of benzene rings is 2. The number of hydrogen-bond acceptors (Lipinski definition) is 4. The monoisotopic (exact) mass is 422 g/mol. The van der Waals surface area contributed by atoms with E-state index < -0.39 is 0 Å². The third-order valence-electron chi connectivity index (χ3n) is 5.10. The van der Waals surface area contributed by atoms with Crippen molar-refractivity contribution in [3.8, 4) is 0 Å². The van der Waals surface area contributed by atoms with Crippen molar-refractivity contribution in [1.29, 1.82) is 0 Å². The van der Waals surface area contributed by atoms with Crippen molar-refractivity contribution in [3.63, 3.8) is 0 Å². The van der Waals surface area contributed by atoms with E-state index in [1.54, 1.807) is 11.8 Å². The fraction of sp³-hybridized carbons (Fsp3) is 0.292. The first-order chi connectivity index (χ1) is 14.2. The predicted molar refractivity (Wildman–Crippen MR) is 125 cm³/mol. The number of nitrogens with zero attached hydrogens (tertiary/aromatic N) is 2. The molecule has 1 atom stereocenters. The summed E-state index contributed by atoms with van der Waals surface area (Å²) in [5.74, 6) is 2.78. The van der Waals surface area contributed by atoms with E-state index in [0.29, 0.717) is 6.61 Å². The largest absolute Gasteiger partial charge is 0.474 e. The SMILES string of the molecule is CSc1ccc(Cn2cccc2C2=N[C@@H](CSCc3ccccc3C)CO2)cc1. The highest BCUT2D eigenvalue weighted by Gasteiger charge is 2.22. The summed E-state index contributed by atoms with van der Waals surface area (Å²) in [6.07, 6.45) is 4.20. The molecule has 0 fully saturated rings. The maximum absolute atomic E-state index is 5.96. The molecule has 29 heavy (non-hydrogen) atoms. The molecule has 0 amide bonds. The van der Waals surface area contributed by atoms with Crippen LogP contribution in [0.4, 0.5) is 0 Å². The van der Waals surface area contributed by atoms with Gasteiger partial charge in [-0.2, -0.15) is 11.8 Å². The van der Waals surface area contributed by atoms with Crippen molar-refractivity contribution in [2.24, 2.45) is 4.99 Å². The molecule has 1 aromatic heterocycles. The van der Waals surface area contributed by atoms with E-state index in [0.717, 1.165) is 29.6 Å². The molecule has 0 saturated heterocycles. The first-order valence-electron chi connectivity index (χ1n) is 9.84. The van der Waals surface area contributed by atoms with E-state index in [-0.39, 0.29) is 6.04 Å². The van der Waals surface area contributed by atoms with Gasteiger partial charge in [0.15, 0.2) is 0 Å². The molecule has 0 radical (unpaired) electrons. The molecular formula is C24H26N2OS2. The molecule has 0 unspecified atom stereocenters. The highest BCUT2D eigenvalue weighted by Crippen LogP contribution is 2.21. The minimum Gasteiger partial charge on any atom is -0.474 e. The van der Waals surface area contributed by atoms with Crippen LogP contribution in [0.3, 0.4) is 0 Å². The number of ether oxygens (including phenoxy) is 1. The van der Waals surface area contributed by atoms with Gasteiger partial charge in [0.25, 0.3) is 0 Å². The van der Waals surface area contributed by atoms with Crippen molar-refractivity contribution in [2.75, 3.05) is 18.6 Å². The molecule has 0 saturated carbocycles. The lowest BCUT2D eigenvalue weighted by Gasteiger charge is -2.09. The van der Waals surface area contributed by atoms with Crippen molar-refractivity contribution in [1.82, 2.24) is 4.57 Å². The van der Waals surface area contributed by atoms with Crippen LogP contribution in [0.2, 0.25) is 0 Å². The van der Waals surface area contributed by atoms with Gasteiger partial charge in [-0.3, -0.25) is 0 Å². The van der Waals surface area contributed by atoms with Gasteiger partial charge in [0.1, 0.15) is 12.3 Å². The van der Waals surface area contributed by atoms with Crippen molar-refractivity contribution < 1.29 is 4.74 Å². The molecule has 2 heterocycles. The Labute approximate surface area is 181 Å². The van der Waals surface area contributed by atoms with Gasteiger partial charge in [-0.05, 0) is 54.1 Å². The maximum atomic E-state index is 5.96. The van der Waals surface area contributed by atoms with Crippen LogP contribution in [0.5, 0.6) is 0 Å². The maximum Gasteiger partial charge on any atom is 0.233 e. The van der Waals surface area contributed by atoms with Gasteiger partial charge in [0.2, 0.25) is 5.90 Å². The third kappa shape index (κ3) is 5.09. The van der Waals surface area contributed by atoms with Crippen LogP contribution in [0.15, 0.2) is 76.7 Å². The summed E-state index contributed by atoms with van der Waals surface area (Å²) in [5.41, 5.74) is 5.10. The second-order valence-corrected chi connectivity index (χ2v) is 9.12. The average molecular weight is 423 g/mol. The van der Waals surface area contributed by atoms with Crippen molar-refractivity contribution in [2.45, 2.75) is 30.2 Å². The Morgan fingerprint density at radius 1 is 1.07 bits per heavy atom. The van der Waals surface area contributed by atoms with Gasteiger partial charge < -0.3 is 9.30 Å². The lowest BCUT2D eigenvalue weighted by atomic mass is 10.1. The molecule has 4 rings (SSSR count).